The number of hydrogen-bond acceptors (Lipinski definition) is 2. The van der Waals surface area contributed by atoms with Gasteiger partial charge in [0.1, 0.15) is 0 Å². The standard InChI is InChI=1S/C16H21N3O/c1-5-7-15-14(16(20)18(3)4)11-17-19(15)13-9-6-8-12(2)10-13/h6,8-11H,5,7H2,1-4H3. The highest BCUT2D eigenvalue weighted by Crippen LogP contribution is 2.18. The second-order valence-corrected chi connectivity index (χ2v) is 5.21. The third kappa shape index (κ3) is 2.74. The SMILES string of the molecule is CCCc1c(C(=O)N(C)C)cnn1-c1cccc(C)c1. The molecular formula is C16H21N3O. The molecular weight excluding hydrogens is 250 g/mol. The highest BCUT2D eigenvalue weighted by Gasteiger charge is 2.19. The van der Waals surface area contributed by atoms with Crippen LogP contribution in [0.2, 0.25) is 0 Å². The molecule has 1 amide bonds. The zero-order valence-corrected chi connectivity index (χ0v) is 12.6. The Morgan fingerprint density at radius 3 is 2.70 bits per heavy atom. The van der Waals surface area contributed by atoms with E-state index in [1.165, 1.54) is 5.56 Å². The maximum atomic E-state index is 12.2. The quantitative estimate of drug-likeness (QED) is 0.857. The molecule has 0 radical (unpaired) electrons. The fraction of sp³-hybridized carbons (Fsp3) is 0.375. The average molecular weight is 271 g/mol. The van der Waals surface area contributed by atoms with Crippen LogP contribution in [-0.2, 0) is 6.42 Å². The minimum atomic E-state index is 0.00681. The highest BCUT2D eigenvalue weighted by molar-refractivity contribution is 5.95. The summed E-state index contributed by atoms with van der Waals surface area (Å²) in [7, 11) is 3.53. The lowest BCUT2D eigenvalue weighted by molar-refractivity contribution is 0.0826. The van der Waals surface area contributed by atoms with Gasteiger partial charge in [0.25, 0.3) is 5.91 Å². The van der Waals surface area contributed by atoms with Crippen LogP contribution in [0, 0.1) is 6.92 Å². The van der Waals surface area contributed by atoms with Gasteiger partial charge in [0.2, 0.25) is 0 Å². The summed E-state index contributed by atoms with van der Waals surface area (Å²) in [5.41, 5.74) is 3.86. The van der Waals surface area contributed by atoms with Crippen molar-refractivity contribution in [3.8, 4) is 5.69 Å². The Hall–Kier alpha value is -2.10. The Morgan fingerprint density at radius 2 is 2.10 bits per heavy atom. The zero-order valence-electron chi connectivity index (χ0n) is 12.6. The molecule has 0 aliphatic heterocycles. The summed E-state index contributed by atoms with van der Waals surface area (Å²) in [4.78, 5) is 13.8. The van der Waals surface area contributed by atoms with Gasteiger partial charge in [-0.2, -0.15) is 5.10 Å². The number of rotatable bonds is 4. The summed E-state index contributed by atoms with van der Waals surface area (Å²) in [6.07, 6.45) is 3.49. The van der Waals surface area contributed by atoms with Crippen molar-refractivity contribution in [2.24, 2.45) is 0 Å². The van der Waals surface area contributed by atoms with E-state index in [-0.39, 0.29) is 5.91 Å². The maximum Gasteiger partial charge on any atom is 0.256 e. The average Bonchev–Trinajstić information content (AvgIpc) is 2.82. The Balaban J connectivity index is 2.52. The van der Waals surface area contributed by atoms with Crippen molar-refractivity contribution >= 4 is 5.91 Å². The van der Waals surface area contributed by atoms with Crippen molar-refractivity contribution in [2.75, 3.05) is 14.1 Å². The van der Waals surface area contributed by atoms with Crippen molar-refractivity contribution in [1.82, 2.24) is 14.7 Å². The summed E-state index contributed by atoms with van der Waals surface area (Å²) in [5, 5.41) is 4.42. The second-order valence-electron chi connectivity index (χ2n) is 5.21. The molecule has 0 saturated carbocycles. The monoisotopic (exact) mass is 271 g/mol. The molecule has 0 atom stereocenters. The largest absolute Gasteiger partial charge is 0.345 e. The molecule has 1 aromatic carbocycles. The van der Waals surface area contributed by atoms with Gasteiger partial charge in [-0.05, 0) is 31.0 Å². The van der Waals surface area contributed by atoms with E-state index in [1.54, 1.807) is 25.2 Å². The van der Waals surface area contributed by atoms with Gasteiger partial charge in [-0.3, -0.25) is 4.79 Å². The number of hydrogen-bond donors (Lipinski definition) is 0. The number of carbonyl (C=O) groups is 1. The van der Waals surface area contributed by atoms with Gasteiger partial charge in [0, 0.05) is 14.1 Å². The van der Waals surface area contributed by atoms with E-state index in [2.05, 4.69) is 31.1 Å². The molecule has 106 valence electrons. The van der Waals surface area contributed by atoms with E-state index in [0.717, 1.165) is 24.2 Å². The summed E-state index contributed by atoms with van der Waals surface area (Å²) in [6.45, 7) is 4.16. The molecule has 0 fully saturated rings. The minimum Gasteiger partial charge on any atom is -0.345 e. The van der Waals surface area contributed by atoms with Gasteiger partial charge in [0.05, 0.1) is 23.1 Å². The first-order valence-corrected chi connectivity index (χ1v) is 6.90. The first kappa shape index (κ1) is 14.3. The van der Waals surface area contributed by atoms with Crippen molar-refractivity contribution in [1.29, 1.82) is 0 Å². The van der Waals surface area contributed by atoms with Crippen LogP contribution in [0.3, 0.4) is 0 Å². The first-order chi connectivity index (χ1) is 9.54. The molecule has 0 unspecified atom stereocenters. The Morgan fingerprint density at radius 1 is 1.35 bits per heavy atom. The van der Waals surface area contributed by atoms with Crippen LogP contribution >= 0.6 is 0 Å². The lowest BCUT2D eigenvalue weighted by Crippen LogP contribution is -2.22. The van der Waals surface area contributed by atoms with Gasteiger partial charge in [0.15, 0.2) is 0 Å². The highest BCUT2D eigenvalue weighted by atomic mass is 16.2. The predicted molar refractivity (Wildman–Crippen MR) is 80.3 cm³/mol. The second kappa shape index (κ2) is 5.90. The van der Waals surface area contributed by atoms with Crippen LogP contribution < -0.4 is 0 Å². The number of aryl methyl sites for hydroxylation is 1. The van der Waals surface area contributed by atoms with Crippen LogP contribution in [0.15, 0.2) is 30.5 Å². The van der Waals surface area contributed by atoms with Crippen LogP contribution in [-0.4, -0.2) is 34.7 Å². The number of amides is 1. The minimum absolute atomic E-state index is 0.00681. The molecule has 0 saturated heterocycles. The molecule has 4 heteroatoms. The summed E-state index contributed by atoms with van der Waals surface area (Å²) < 4.78 is 1.88. The van der Waals surface area contributed by atoms with Crippen LogP contribution in [0.1, 0.15) is 35.0 Å². The van der Waals surface area contributed by atoms with Gasteiger partial charge in [-0.15, -0.1) is 0 Å². The summed E-state index contributed by atoms with van der Waals surface area (Å²) in [5.74, 6) is 0.00681. The first-order valence-electron chi connectivity index (χ1n) is 6.90. The van der Waals surface area contributed by atoms with Gasteiger partial charge >= 0.3 is 0 Å². The zero-order chi connectivity index (χ0) is 14.7. The summed E-state index contributed by atoms with van der Waals surface area (Å²) >= 11 is 0. The van der Waals surface area contributed by atoms with E-state index < -0.39 is 0 Å². The Bertz CT molecular complexity index is 614. The molecule has 20 heavy (non-hydrogen) atoms. The van der Waals surface area contributed by atoms with Crippen LogP contribution in [0.4, 0.5) is 0 Å². The topological polar surface area (TPSA) is 38.1 Å². The molecule has 1 heterocycles. The number of carbonyl (C=O) groups excluding carboxylic acids is 1. The molecule has 2 aromatic rings. The molecule has 0 aliphatic rings. The predicted octanol–water partition coefficient (Wildman–Crippen LogP) is 2.84. The number of benzene rings is 1. The molecule has 0 spiro atoms. The molecule has 1 aromatic heterocycles. The Labute approximate surface area is 120 Å². The lowest BCUT2D eigenvalue weighted by atomic mass is 10.1. The smallest absolute Gasteiger partial charge is 0.256 e. The van der Waals surface area contributed by atoms with E-state index in [1.807, 2.05) is 16.8 Å². The number of nitrogens with zero attached hydrogens (tertiary/aromatic N) is 3. The molecule has 0 N–H and O–H groups in total. The maximum absolute atomic E-state index is 12.2. The normalized spacial score (nSPS) is 10.6. The van der Waals surface area contributed by atoms with Crippen molar-refractivity contribution < 1.29 is 4.79 Å². The third-order valence-electron chi connectivity index (χ3n) is 3.24. The van der Waals surface area contributed by atoms with E-state index >= 15 is 0 Å². The van der Waals surface area contributed by atoms with Crippen molar-refractivity contribution in [3.05, 3.63) is 47.3 Å². The van der Waals surface area contributed by atoms with Gasteiger partial charge in [-0.1, -0.05) is 25.5 Å². The Kier molecular flexibility index (Phi) is 4.23. The van der Waals surface area contributed by atoms with Crippen molar-refractivity contribution in [2.45, 2.75) is 26.7 Å². The molecule has 0 aliphatic carbocycles. The fourth-order valence-corrected chi connectivity index (χ4v) is 2.25. The summed E-state index contributed by atoms with van der Waals surface area (Å²) in [6, 6.07) is 8.16. The van der Waals surface area contributed by atoms with E-state index in [4.69, 9.17) is 0 Å². The van der Waals surface area contributed by atoms with E-state index in [9.17, 15) is 4.79 Å². The lowest BCUT2D eigenvalue weighted by Gasteiger charge is -2.12. The van der Waals surface area contributed by atoms with Gasteiger partial charge < -0.3 is 4.90 Å². The molecule has 2 rings (SSSR count). The molecule has 4 nitrogen and oxygen atoms in total. The molecule has 0 bridgehead atoms. The van der Waals surface area contributed by atoms with Crippen LogP contribution in [0.5, 0.6) is 0 Å². The van der Waals surface area contributed by atoms with Gasteiger partial charge in [-0.25, -0.2) is 4.68 Å². The number of aromatic nitrogens is 2. The van der Waals surface area contributed by atoms with E-state index in [0.29, 0.717) is 5.56 Å². The van der Waals surface area contributed by atoms with Crippen molar-refractivity contribution in [3.63, 3.8) is 0 Å². The van der Waals surface area contributed by atoms with Crippen LogP contribution in [0.25, 0.3) is 5.69 Å². The third-order valence-corrected chi connectivity index (χ3v) is 3.24. The fourth-order valence-electron chi connectivity index (χ4n) is 2.25.